The molecule has 8 rings (SSSR count). The lowest BCUT2D eigenvalue weighted by Gasteiger charge is -2.39. The molecule has 4 aliphatic heterocycles. The number of thiocarbonyl (C=S) groups is 1. The number of hydrogen-bond donors (Lipinski definition) is 1. The van der Waals surface area contributed by atoms with Crippen LogP contribution in [0.1, 0.15) is 139 Å². The predicted molar refractivity (Wildman–Crippen MR) is 264 cm³/mol. The Kier molecular flexibility index (Phi) is 16.7. The molecule has 6 atom stereocenters. The van der Waals surface area contributed by atoms with Crippen LogP contribution >= 0.6 is 12.2 Å². The first-order valence-corrected chi connectivity index (χ1v) is 24.5. The van der Waals surface area contributed by atoms with Crippen LogP contribution in [-0.2, 0) is 9.59 Å². The van der Waals surface area contributed by atoms with Crippen molar-refractivity contribution < 1.29 is 19.1 Å². The molecule has 2 amide bonds. The van der Waals surface area contributed by atoms with Gasteiger partial charge in [0.15, 0.2) is 0 Å². The van der Waals surface area contributed by atoms with E-state index in [0.29, 0.717) is 47.8 Å². The zero-order valence-corrected chi connectivity index (χ0v) is 39.7. The summed E-state index contributed by atoms with van der Waals surface area (Å²) in [4.78, 5) is 36.3. The van der Waals surface area contributed by atoms with Crippen LogP contribution in [0, 0.1) is 11.3 Å². The van der Waals surface area contributed by atoms with Gasteiger partial charge in [-0.3, -0.25) is 19.4 Å². The molecule has 65 heavy (non-hydrogen) atoms. The molecule has 2 fully saturated rings. The van der Waals surface area contributed by atoms with E-state index in [2.05, 4.69) is 43.6 Å². The van der Waals surface area contributed by atoms with Gasteiger partial charge in [-0.2, -0.15) is 5.26 Å². The molecule has 0 spiro atoms. The molecule has 2 saturated heterocycles. The maximum absolute atomic E-state index is 13.5. The number of amides is 2. The predicted octanol–water partition coefficient (Wildman–Crippen LogP) is 10.7. The standard InChI is InChI=1S/C27H35N3O2S.C27H33N3O2/c1-19-10-8-11-20(2)29(19)16-6-3-7-17-30-23-14-4-5-15-24(23)32-25(27(30)31)21-12-9-13-22(18-21)26(28)33;1-20-10-8-11-21(2)29(20)16-6-3-7-17-30-24-14-4-5-15-25(24)32-26(27(30)31)23-13-9-12-22(18-23)19-28/h4-5,9,12-15,18-20,25H,3,6-8,10-11,16-17H2,1-2H3,(H2,28,33);4-5,9,12-15,18,20-21,26H,3,6-8,10-11,16-17H2,1-2H3/t19-,20+,25?;20-,21+,26?. The van der Waals surface area contributed by atoms with E-state index in [9.17, 15) is 14.9 Å². The summed E-state index contributed by atoms with van der Waals surface area (Å²) in [6.45, 7) is 13.1. The van der Waals surface area contributed by atoms with E-state index in [1.807, 2.05) is 88.7 Å². The average Bonchev–Trinajstić information content (AvgIpc) is 3.31. The summed E-state index contributed by atoms with van der Waals surface area (Å²) in [6.07, 6.45) is 12.9. The van der Waals surface area contributed by atoms with E-state index in [1.54, 1.807) is 18.2 Å². The SMILES string of the molecule is C[C@@H]1CCC[C@H](C)N1CCCCCN1C(=O)C(c2cccc(C#N)c2)Oc2ccccc21.C[C@@H]1CCC[C@H](C)N1CCCCCN1C(=O)C(c2cccc(C(N)=S)c2)Oc2ccccc21. The van der Waals surface area contributed by atoms with E-state index in [4.69, 9.17) is 27.4 Å². The largest absolute Gasteiger partial charge is 0.474 e. The highest BCUT2D eigenvalue weighted by atomic mass is 32.1. The highest BCUT2D eigenvalue weighted by Crippen LogP contribution is 2.40. The molecule has 11 heteroatoms. The van der Waals surface area contributed by atoms with E-state index in [-0.39, 0.29) is 11.8 Å². The van der Waals surface area contributed by atoms with Gasteiger partial charge in [-0.05, 0) is 135 Å². The van der Waals surface area contributed by atoms with Crippen LogP contribution in [0.15, 0.2) is 97.1 Å². The molecular formula is C54H68N6O4S. The van der Waals surface area contributed by atoms with Crippen molar-refractivity contribution in [2.45, 2.75) is 141 Å². The maximum atomic E-state index is 13.5. The van der Waals surface area contributed by atoms with E-state index in [0.717, 1.165) is 91.2 Å². The van der Waals surface area contributed by atoms with Crippen molar-refractivity contribution in [3.63, 3.8) is 0 Å². The number of nitriles is 1. The Morgan fingerprint density at radius 1 is 0.600 bits per heavy atom. The van der Waals surface area contributed by atoms with E-state index < -0.39 is 12.2 Å². The number of nitrogens with two attached hydrogens (primary N) is 1. The van der Waals surface area contributed by atoms with Crippen LogP contribution in [-0.4, -0.2) is 76.9 Å². The van der Waals surface area contributed by atoms with Crippen LogP contribution in [0.2, 0.25) is 0 Å². The highest BCUT2D eigenvalue weighted by Gasteiger charge is 2.37. The molecule has 2 unspecified atom stereocenters. The molecule has 0 bridgehead atoms. The lowest BCUT2D eigenvalue weighted by atomic mass is 9.97. The molecular weight excluding hydrogens is 829 g/mol. The number of fused-ring (bicyclic) bond motifs is 2. The minimum Gasteiger partial charge on any atom is -0.474 e. The van der Waals surface area contributed by atoms with Crippen LogP contribution in [0.3, 0.4) is 0 Å². The fourth-order valence-electron chi connectivity index (χ4n) is 10.3. The van der Waals surface area contributed by atoms with Crippen molar-refractivity contribution in [2.75, 3.05) is 36.0 Å². The highest BCUT2D eigenvalue weighted by molar-refractivity contribution is 7.80. The molecule has 4 aromatic rings. The van der Waals surface area contributed by atoms with E-state index >= 15 is 0 Å². The number of para-hydroxylation sites is 4. The second-order valence-corrected chi connectivity index (χ2v) is 18.9. The van der Waals surface area contributed by atoms with Gasteiger partial charge in [0, 0.05) is 53.9 Å². The van der Waals surface area contributed by atoms with Gasteiger partial charge in [0.05, 0.1) is 23.0 Å². The zero-order valence-electron chi connectivity index (χ0n) is 38.9. The molecule has 4 aliphatic rings. The third kappa shape index (κ3) is 11.8. The molecule has 4 heterocycles. The molecule has 0 radical (unpaired) electrons. The van der Waals surface area contributed by atoms with Crippen molar-refractivity contribution in [1.29, 1.82) is 5.26 Å². The number of likely N-dealkylation sites (tertiary alicyclic amines) is 2. The number of carbonyl (C=O) groups excluding carboxylic acids is 2. The Bertz CT molecular complexity index is 2280. The average molecular weight is 897 g/mol. The number of unbranched alkanes of at least 4 members (excludes halogenated alkanes) is 4. The van der Waals surface area contributed by atoms with Crippen molar-refractivity contribution in [3.05, 3.63) is 119 Å². The van der Waals surface area contributed by atoms with Gasteiger partial charge in [-0.15, -0.1) is 0 Å². The van der Waals surface area contributed by atoms with Gasteiger partial charge in [-0.1, -0.05) is 92.5 Å². The smallest absolute Gasteiger partial charge is 0.272 e. The monoisotopic (exact) mass is 897 g/mol. The Balaban J connectivity index is 0.000000194. The Hall–Kier alpha value is -5.28. The Morgan fingerprint density at radius 3 is 1.49 bits per heavy atom. The fraction of sp³-hybridized carbons (Fsp3) is 0.481. The van der Waals surface area contributed by atoms with Crippen molar-refractivity contribution in [1.82, 2.24) is 9.80 Å². The third-order valence-corrected chi connectivity index (χ3v) is 14.2. The van der Waals surface area contributed by atoms with Gasteiger partial charge in [-0.25, -0.2) is 0 Å². The number of rotatable bonds is 15. The summed E-state index contributed by atoms with van der Waals surface area (Å²) >= 11 is 5.12. The number of benzene rings is 4. The number of hydrogen-bond acceptors (Lipinski definition) is 8. The lowest BCUT2D eigenvalue weighted by molar-refractivity contribution is -0.127. The number of piperidine rings is 2. The lowest BCUT2D eigenvalue weighted by Crippen LogP contribution is -2.44. The topological polar surface area (TPSA) is 115 Å². The summed E-state index contributed by atoms with van der Waals surface area (Å²) < 4.78 is 12.2. The quantitative estimate of drug-likeness (QED) is 0.0920. The van der Waals surface area contributed by atoms with Gasteiger partial charge in [0.2, 0.25) is 12.2 Å². The van der Waals surface area contributed by atoms with Crippen LogP contribution in [0.5, 0.6) is 11.5 Å². The molecule has 344 valence electrons. The third-order valence-electron chi connectivity index (χ3n) is 13.9. The van der Waals surface area contributed by atoms with Crippen molar-refractivity contribution >= 4 is 40.4 Å². The first-order valence-electron chi connectivity index (χ1n) is 24.1. The molecule has 0 aromatic heterocycles. The van der Waals surface area contributed by atoms with Gasteiger partial charge >= 0.3 is 0 Å². The van der Waals surface area contributed by atoms with Crippen LogP contribution < -0.4 is 25.0 Å². The molecule has 2 N–H and O–H groups in total. The van der Waals surface area contributed by atoms with Crippen molar-refractivity contribution in [2.24, 2.45) is 5.73 Å². The van der Waals surface area contributed by atoms with Crippen LogP contribution in [0.4, 0.5) is 11.4 Å². The molecule has 4 aromatic carbocycles. The Morgan fingerprint density at radius 2 is 1.03 bits per heavy atom. The summed E-state index contributed by atoms with van der Waals surface area (Å²) in [5, 5.41) is 9.24. The maximum Gasteiger partial charge on any atom is 0.272 e. The molecule has 0 aliphatic carbocycles. The van der Waals surface area contributed by atoms with Gasteiger partial charge in [0.1, 0.15) is 16.5 Å². The number of anilines is 2. The van der Waals surface area contributed by atoms with Crippen molar-refractivity contribution in [3.8, 4) is 17.6 Å². The van der Waals surface area contributed by atoms with Crippen LogP contribution in [0.25, 0.3) is 0 Å². The first-order chi connectivity index (χ1) is 31.5. The Labute approximate surface area is 392 Å². The summed E-state index contributed by atoms with van der Waals surface area (Å²) in [7, 11) is 0. The second kappa shape index (κ2) is 22.8. The second-order valence-electron chi connectivity index (χ2n) is 18.5. The van der Waals surface area contributed by atoms with E-state index in [1.165, 1.54) is 38.5 Å². The summed E-state index contributed by atoms with van der Waals surface area (Å²) in [6, 6.07) is 35.0. The minimum absolute atomic E-state index is 0.0351. The minimum atomic E-state index is -0.715. The van der Waals surface area contributed by atoms with Gasteiger partial charge in [0.25, 0.3) is 11.8 Å². The number of ether oxygens (including phenoxy) is 2. The normalized spacial score (nSPS) is 23.2. The number of carbonyl (C=O) groups is 2. The molecule has 0 saturated carbocycles. The summed E-state index contributed by atoms with van der Waals surface area (Å²) in [5.74, 6) is 1.36. The number of nitrogens with zero attached hydrogens (tertiary/aromatic N) is 5. The fourth-order valence-corrected chi connectivity index (χ4v) is 10.4. The summed E-state index contributed by atoms with van der Waals surface area (Å²) in [5.41, 5.74) is 10.3. The van der Waals surface area contributed by atoms with Gasteiger partial charge < -0.3 is 25.0 Å². The zero-order chi connectivity index (χ0) is 45.9. The molecule has 10 nitrogen and oxygen atoms in total. The first kappa shape index (κ1) is 47.7.